The molecule has 1 aromatic rings. The zero-order valence-electron chi connectivity index (χ0n) is 17.4. The first-order valence-corrected chi connectivity index (χ1v) is 10.7. The minimum atomic E-state index is -4.35. The van der Waals surface area contributed by atoms with E-state index < -0.39 is 15.9 Å². The predicted octanol–water partition coefficient (Wildman–Crippen LogP) is -0.340. The van der Waals surface area contributed by atoms with E-state index in [1.165, 1.54) is 0 Å². The molecule has 28 heavy (non-hydrogen) atoms. The fraction of sp³-hybridized carbons (Fsp3) is 0.632. The van der Waals surface area contributed by atoms with Crippen LogP contribution in [0.1, 0.15) is 51.5 Å². The van der Waals surface area contributed by atoms with E-state index in [-0.39, 0.29) is 47.0 Å². The van der Waals surface area contributed by atoms with Crippen molar-refractivity contribution in [3.8, 4) is 5.75 Å². The average molecular weight is 421 g/mol. The number of hydrogen-bond donors (Lipinski definition) is 0. The van der Waals surface area contributed by atoms with Crippen molar-refractivity contribution < 1.29 is 56.8 Å². The van der Waals surface area contributed by atoms with Crippen LogP contribution >= 0.6 is 0 Å². The van der Waals surface area contributed by atoms with Crippen molar-refractivity contribution in [1.29, 1.82) is 0 Å². The summed E-state index contributed by atoms with van der Waals surface area (Å²) in [5.74, 6) is -0.365. The van der Waals surface area contributed by atoms with Crippen LogP contribution < -0.4 is 39.2 Å². The van der Waals surface area contributed by atoms with Gasteiger partial charge in [-0.2, -0.15) is 0 Å². The summed E-state index contributed by atoms with van der Waals surface area (Å²) >= 11 is 0. The predicted molar refractivity (Wildman–Crippen MR) is 102 cm³/mol. The first kappa shape index (κ1) is 25.2. The third kappa shape index (κ3) is 6.62. The first-order chi connectivity index (χ1) is 12.6. The zero-order chi connectivity index (χ0) is 20.2. The van der Waals surface area contributed by atoms with Crippen molar-refractivity contribution in [2.24, 2.45) is 0 Å². The summed E-state index contributed by atoms with van der Waals surface area (Å²) in [6, 6.07) is 5.47. The molecule has 7 nitrogen and oxygen atoms in total. The monoisotopic (exact) mass is 421 g/mol. The number of anilines is 1. The minimum absolute atomic E-state index is 0. The first-order valence-electron chi connectivity index (χ1n) is 9.12. The Labute approximate surface area is 189 Å². The van der Waals surface area contributed by atoms with Crippen LogP contribution in [0.4, 0.5) is 5.69 Å². The van der Waals surface area contributed by atoms with Gasteiger partial charge in [-0.05, 0) is 45.2 Å². The number of methoxy groups -OCH3 is 1. The van der Waals surface area contributed by atoms with Crippen LogP contribution in [0.2, 0.25) is 0 Å². The number of benzene rings is 1. The molecule has 1 aliphatic rings. The molecule has 0 amide bonds. The molecule has 1 aliphatic heterocycles. The maximum Gasteiger partial charge on any atom is 1.00 e. The molecule has 2 rings (SSSR count). The van der Waals surface area contributed by atoms with Gasteiger partial charge in [0.25, 0.3) is 0 Å². The molecule has 1 atom stereocenters. The van der Waals surface area contributed by atoms with Gasteiger partial charge in [-0.3, -0.25) is 4.79 Å². The number of carbonyl (C=O) groups is 1. The Bertz CT molecular complexity index is 781. The molecular weight excluding hydrogens is 393 g/mol. The Hall–Kier alpha value is -0.800. The van der Waals surface area contributed by atoms with E-state index in [0.717, 1.165) is 11.3 Å². The number of ether oxygens (including phenoxy) is 2. The number of nitrogens with zero attached hydrogens (tertiary/aromatic N) is 1. The Morgan fingerprint density at radius 2 is 2.04 bits per heavy atom. The van der Waals surface area contributed by atoms with Crippen LogP contribution in [0.3, 0.4) is 0 Å². The van der Waals surface area contributed by atoms with Crippen LogP contribution in [-0.4, -0.2) is 50.5 Å². The molecule has 0 spiro atoms. The van der Waals surface area contributed by atoms with Gasteiger partial charge in [0, 0.05) is 41.9 Å². The van der Waals surface area contributed by atoms with E-state index in [0.29, 0.717) is 38.2 Å². The number of rotatable bonds is 8. The fourth-order valence-corrected chi connectivity index (χ4v) is 4.60. The molecule has 0 N–H and O–H groups in total. The van der Waals surface area contributed by atoms with Crippen molar-refractivity contribution in [3.63, 3.8) is 0 Å². The second-order valence-corrected chi connectivity index (χ2v) is 8.87. The van der Waals surface area contributed by atoms with Gasteiger partial charge in [-0.25, -0.2) is 8.42 Å². The molecule has 1 heterocycles. The van der Waals surface area contributed by atoms with Crippen molar-refractivity contribution in [2.75, 3.05) is 30.9 Å². The van der Waals surface area contributed by atoms with E-state index in [1.807, 2.05) is 26.0 Å². The smallest absolute Gasteiger partial charge is 0.748 e. The van der Waals surface area contributed by atoms with Gasteiger partial charge in [-0.1, -0.05) is 6.07 Å². The van der Waals surface area contributed by atoms with Crippen molar-refractivity contribution in [2.45, 2.75) is 51.5 Å². The molecule has 0 radical (unpaired) electrons. The Morgan fingerprint density at radius 1 is 1.36 bits per heavy atom. The topological polar surface area (TPSA) is 96.0 Å². The molecule has 0 aliphatic carbocycles. The summed E-state index contributed by atoms with van der Waals surface area (Å²) in [6.07, 6.45) is 1.47. The van der Waals surface area contributed by atoms with Crippen molar-refractivity contribution in [3.05, 3.63) is 23.8 Å². The summed E-state index contributed by atoms with van der Waals surface area (Å²) in [4.78, 5) is 13.8. The largest absolute Gasteiger partial charge is 1.00 e. The van der Waals surface area contributed by atoms with Crippen molar-refractivity contribution in [1.82, 2.24) is 0 Å². The summed E-state index contributed by atoms with van der Waals surface area (Å²) in [7, 11) is -2.78. The number of fused-ring (bicyclic) bond motifs is 1. The zero-order valence-corrected chi connectivity index (χ0v) is 20.2. The molecular formula is C19H28NNaO6S. The standard InChI is InChI=1S/C19H29NO6S.Na/c1-5-26-18(21)7-6-10-20-17-11-15(25-4)8-9-16(17)14(12-19(20,2)3)13-27(22,23)24;/h8-9,11,14H,5-7,10,12-13H2,1-4H3,(H,22,23,24);/q;+1/p-1. The van der Waals surface area contributed by atoms with Gasteiger partial charge < -0.3 is 18.9 Å². The molecule has 0 saturated heterocycles. The third-order valence-corrected chi connectivity index (χ3v) is 5.73. The van der Waals surface area contributed by atoms with Gasteiger partial charge >= 0.3 is 35.5 Å². The molecule has 152 valence electrons. The molecule has 0 fully saturated rings. The second-order valence-electron chi connectivity index (χ2n) is 7.42. The molecule has 0 saturated carbocycles. The molecule has 9 heteroatoms. The Kier molecular flexibility index (Phi) is 9.28. The Morgan fingerprint density at radius 3 is 2.61 bits per heavy atom. The Balaban J connectivity index is 0.00000392. The van der Waals surface area contributed by atoms with E-state index >= 15 is 0 Å². The molecule has 1 aromatic carbocycles. The van der Waals surface area contributed by atoms with Crippen molar-refractivity contribution >= 4 is 21.8 Å². The van der Waals surface area contributed by atoms with E-state index in [9.17, 15) is 17.8 Å². The normalized spacial score (nSPS) is 18.0. The van der Waals surface area contributed by atoms with Crippen LogP contribution in [0.25, 0.3) is 0 Å². The maximum absolute atomic E-state index is 11.6. The molecule has 0 bridgehead atoms. The second kappa shape index (κ2) is 10.3. The van der Waals surface area contributed by atoms with E-state index in [4.69, 9.17) is 9.47 Å². The van der Waals surface area contributed by atoms with Crippen LogP contribution in [-0.2, 0) is 19.6 Å². The third-order valence-electron chi connectivity index (χ3n) is 4.92. The summed E-state index contributed by atoms with van der Waals surface area (Å²) in [5, 5.41) is 0. The SMILES string of the molecule is CCOC(=O)CCCN1c2cc(OC)ccc2C(CS(=O)(=O)[O-])CC1(C)C.[Na+]. The number of esters is 1. The summed E-state index contributed by atoms with van der Waals surface area (Å²) in [5.41, 5.74) is 1.30. The number of hydrogen-bond acceptors (Lipinski definition) is 7. The van der Waals surface area contributed by atoms with Gasteiger partial charge in [0.05, 0.1) is 23.8 Å². The van der Waals surface area contributed by atoms with E-state index in [2.05, 4.69) is 4.90 Å². The van der Waals surface area contributed by atoms with Gasteiger partial charge in [0.1, 0.15) is 5.75 Å². The molecule has 1 unspecified atom stereocenters. The van der Waals surface area contributed by atoms with Crippen LogP contribution in [0.5, 0.6) is 5.75 Å². The average Bonchev–Trinajstić information content (AvgIpc) is 2.55. The summed E-state index contributed by atoms with van der Waals surface area (Å²) in [6.45, 7) is 6.79. The molecule has 0 aromatic heterocycles. The minimum Gasteiger partial charge on any atom is -0.748 e. The van der Waals surface area contributed by atoms with E-state index in [1.54, 1.807) is 20.1 Å². The van der Waals surface area contributed by atoms with Gasteiger partial charge in [0.15, 0.2) is 0 Å². The fourth-order valence-electron chi connectivity index (χ4n) is 3.81. The van der Waals surface area contributed by atoms with Gasteiger partial charge in [0.2, 0.25) is 0 Å². The maximum atomic E-state index is 11.6. The van der Waals surface area contributed by atoms with Crippen LogP contribution in [0, 0.1) is 0 Å². The quantitative estimate of drug-likeness (QED) is 0.322. The number of carbonyl (C=O) groups excluding carboxylic acids is 1. The van der Waals surface area contributed by atoms with Crippen LogP contribution in [0.15, 0.2) is 18.2 Å². The summed E-state index contributed by atoms with van der Waals surface area (Å²) < 4.78 is 44.5. The van der Waals surface area contributed by atoms with Gasteiger partial charge in [-0.15, -0.1) is 0 Å².